The first kappa shape index (κ1) is 10.4. The minimum atomic E-state index is -3.84. The van der Waals surface area contributed by atoms with Crippen LogP contribution in [0, 0.1) is 17.8 Å². The van der Waals surface area contributed by atoms with Gasteiger partial charge in [-0.3, -0.25) is 4.55 Å². The fourth-order valence-corrected chi connectivity index (χ4v) is 3.86. The average Bonchev–Trinajstić information content (AvgIpc) is 2.58. The predicted octanol–water partition coefficient (Wildman–Crippen LogP) is 1.13. The molecule has 2 fully saturated rings. The number of hydrogen-bond donors (Lipinski definition) is 1. The van der Waals surface area contributed by atoms with E-state index in [-0.39, 0.29) is 5.75 Å². The van der Waals surface area contributed by atoms with Crippen LogP contribution in [0.15, 0.2) is 12.5 Å². The molecule has 3 rings (SSSR count). The van der Waals surface area contributed by atoms with E-state index in [2.05, 4.69) is 0 Å². The molecule has 5 nitrogen and oxygen atoms in total. The molecule has 0 aromatic rings. The van der Waals surface area contributed by atoms with Crippen LogP contribution >= 0.6 is 0 Å². The van der Waals surface area contributed by atoms with Crippen molar-refractivity contribution in [2.24, 2.45) is 17.8 Å². The van der Waals surface area contributed by atoms with E-state index in [4.69, 9.17) is 14.0 Å². The summed E-state index contributed by atoms with van der Waals surface area (Å²) < 4.78 is 41.1. The summed E-state index contributed by atoms with van der Waals surface area (Å²) in [7, 11) is -3.84. The molecular weight excluding hydrogens is 232 g/mol. The molecule has 0 radical (unpaired) electrons. The van der Waals surface area contributed by atoms with Crippen LogP contribution < -0.4 is 0 Å². The van der Waals surface area contributed by atoms with E-state index < -0.39 is 15.9 Å². The van der Waals surface area contributed by atoms with E-state index in [1.807, 2.05) is 0 Å². The molecule has 6 heteroatoms. The molecule has 0 aromatic carbocycles. The van der Waals surface area contributed by atoms with Crippen molar-refractivity contribution >= 4 is 10.1 Å². The highest BCUT2D eigenvalue weighted by Crippen LogP contribution is 2.66. The van der Waals surface area contributed by atoms with Gasteiger partial charge in [-0.2, -0.15) is 8.42 Å². The molecule has 2 saturated carbocycles. The van der Waals surface area contributed by atoms with E-state index in [0.717, 1.165) is 12.8 Å². The van der Waals surface area contributed by atoms with Crippen LogP contribution in [0.2, 0.25) is 0 Å². The van der Waals surface area contributed by atoms with Crippen molar-refractivity contribution in [2.45, 2.75) is 25.0 Å². The zero-order valence-corrected chi connectivity index (χ0v) is 9.52. The Hall–Kier alpha value is -0.750. The molecule has 0 bridgehead atoms. The molecule has 3 aliphatic rings. The normalized spacial score (nSPS) is 38.2. The summed E-state index contributed by atoms with van der Waals surface area (Å²) in [6.07, 6.45) is 5.50. The van der Waals surface area contributed by atoms with E-state index in [9.17, 15) is 8.42 Å². The van der Waals surface area contributed by atoms with Gasteiger partial charge in [0.2, 0.25) is 0 Å². The van der Waals surface area contributed by atoms with Crippen molar-refractivity contribution in [2.75, 3.05) is 5.75 Å². The molecule has 0 saturated heterocycles. The van der Waals surface area contributed by atoms with Gasteiger partial charge in [0.15, 0.2) is 0 Å². The van der Waals surface area contributed by atoms with Gasteiger partial charge in [-0.25, -0.2) is 0 Å². The van der Waals surface area contributed by atoms with Crippen LogP contribution in [0.4, 0.5) is 0 Å². The maximum absolute atomic E-state index is 10.7. The van der Waals surface area contributed by atoms with E-state index in [1.165, 1.54) is 0 Å². The largest absolute Gasteiger partial charge is 0.456 e. The summed E-state index contributed by atoms with van der Waals surface area (Å²) in [6, 6.07) is 0. The highest BCUT2D eigenvalue weighted by molar-refractivity contribution is 7.85. The highest BCUT2D eigenvalue weighted by atomic mass is 32.2. The van der Waals surface area contributed by atoms with Crippen LogP contribution in [0.3, 0.4) is 0 Å². The second-order valence-electron chi connectivity index (χ2n) is 4.79. The molecule has 2 aliphatic carbocycles. The minimum absolute atomic E-state index is 0.159. The fourth-order valence-electron chi connectivity index (χ4n) is 3.29. The lowest BCUT2D eigenvalue weighted by Gasteiger charge is -2.25. The van der Waals surface area contributed by atoms with Crippen LogP contribution in [-0.4, -0.2) is 24.5 Å². The van der Waals surface area contributed by atoms with Crippen molar-refractivity contribution in [1.29, 1.82) is 0 Å². The summed E-state index contributed by atoms with van der Waals surface area (Å²) >= 11 is 0. The smallest absolute Gasteiger partial charge is 0.264 e. The predicted molar refractivity (Wildman–Crippen MR) is 54.8 cm³/mol. The van der Waals surface area contributed by atoms with Crippen molar-refractivity contribution in [3.63, 3.8) is 0 Å². The Morgan fingerprint density at radius 1 is 1.38 bits per heavy atom. The first-order valence-electron chi connectivity index (χ1n) is 5.48. The third-order valence-electron chi connectivity index (χ3n) is 3.97. The average molecular weight is 246 g/mol. The molecule has 1 N–H and O–H groups in total. The zero-order valence-electron chi connectivity index (χ0n) is 8.70. The monoisotopic (exact) mass is 246 g/mol. The standard InChI is InChI=1S/C10H14O5S/c11-16(12,13)6-2-8-7-1-3-10(9(7)8)14-4-5-15-10/h4-5,7-9H,1-3,6H2,(H,11,12,13)/t7-,8+,9-/m1/s1. The first-order valence-corrected chi connectivity index (χ1v) is 7.09. The topological polar surface area (TPSA) is 72.8 Å². The lowest BCUT2D eigenvalue weighted by atomic mass is 10.0. The van der Waals surface area contributed by atoms with Gasteiger partial charge in [0.25, 0.3) is 15.9 Å². The Morgan fingerprint density at radius 3 is 2.69 bits per heavy atom. The van der Waals surface area contributed by atoms with Crippen LogP contribution in [0.25, 0.3) is 0 Å². The third kappa shape index (κ3) is 1.51. The Kier molecular flexibility index (Phi) is 2.04. The van der Waals surface area contributed by atoms with Gasteiger partial charge in [0.1, 0.15) is 12.5 Å². The van der Waals surface area contributed by atoms with Gasteiger partial charge in [0.05, 0.1) is 5.75 Å². The molecule has 1 spiro atoms. The minimum Gasteiger partial charge on any atom is -0.456 e. The van der Waals surface area contributed by atoms with Gasteiger partial charge >= 0.3 is 0 Å². The van der Waals surface area contributed by atoms with Gasteiger partial charge < -0.3 is 9.47 Å². The highest BCUT2D eigenvalue weighted by Gasteiger charge is 2.68. The quantitative estimate of drug-likeness (QED) is 0.756. The van der Waals surface area contributed by atoms with Gasteiger partial charge in [0, 0.05) is 12.3 Å². The second kappa shape index (κ2) is 3.13. The summed E-state index contributed by atoms with van der Waals surface area (Å²) in [5.41, 5.74) is 0. The lowest BCUT2D eigenvalue weighted by molar-refractivity contribution is -0.155. The molecule has 90 valence electrons. The van der Waals surface area contributed by atoms with Crippen molar-refractivity contribution in [3.05, 3.63) is 12.5 Å². The first-order chi connectivity index (χ1) is 7.52. The Labute approximate surface area is 94.2 Å². The van der Waals surface area contributed by atoms with Crippen molar-refractivity contribution < 1.29 is 22.4 Å². The van der Waals surface area contributed by atoms with Crippen LogP contribution in [0.1, 0.15) is 19.3 Å². The van der Waals surface area contributed by atoms with E-state index >= 15 is 0 Å². The van der Waals surface area contributed by atoms with Crippen molar-refractivity contribution in [1.82, 2.24) is 0 Å². The Balaban J connectivity index is 1.62. The van der Waals surface area contributed by atoms with Crippen LogP contribution in [-0.2, 0) is 19.6 Å². The van der Waals surface area contributed by atoms with Crippen molar-refractivity contribution in [3.8, 4) is 0 Å². The molecular formula is C10H14O5S. The van der Waals surface area contributed by atoms with E-state index in [1.54, 1.807) is 12.5 Å². The molecule has 3 atom stereocenters. The van der Waals surface area contributed by atoms with Gasteiger partial charge in [-0.05, 0) is 24.7 Å². The lowest BCUT2D eigenvalue weighted by Crippen LogP contribution is -2.31. The molecule has 0 unspecified atom stereocenters. The fraction of sp³-hybridized carbons (Fsp3) is 0.800. The number of fused-ring (bicyclic) bond motifs is 2. The zero-order chi connectivity index (χ0) is 11.4. The maximum Gasteiger partial charge on any atom is 0.264 e. The number of hydrogen-bond acceptors (Lipinski definition) is 4. The number of ether oxygens (including phenoxy) is 2. The second-order valence-corrected chi connectivity index (χ2v) is 6.36. The molecule has 1 aliphatic heterocycles. The molecule has 0 amide bonds. The van der Waals surface area contributed by atoms with E-state index in [0.29, 0.717) is 24.2 Å². The molecule has 1 heterocycles. The number of rotatable bonds is 3. The maximum atomic E-state index is 10.7. The Bertz CT molecular complexity index is 418. The summed E-state index contributed by atoms with van der Waals surface area (Å²) in [6.45, 7) is 0. The Morgan fingerprint density at radius 2 is 2.06 bits per heavy atom. The summed E-state index contributed by atoms with van der Waals surface area (Å²) in [4.78, 5) is 0. The summed E-state index contributed by atoms with van der Waals surface area (Å²) in [5, 5.41) is 0. The molecule has 0 aromatic heterocycles. The summed E-state index contributed by atoms with van der Waals surface area (Å²) in [5.74, 6) is 0.435. The van der Waals surface area contributed by atoms with Gasteiger partial charge in [-0.1, -0.05) is 0 Å². The van der Waals surface area contributed by atoms with Gasteiger partial charge in [-0.15, -0.1) is 0 Å². The molecule has 16 heavy (non-hydrogen) atoms. The van der Waals surface area contributed by atoms with Crippen LogP contribution in [0.5, 0.6) is 0 Å². The third-order valence-corrected chi connectivity index (χ3v) is 4.72. The SMILES string of the molecule is O=S(=O)(O)CC[C@H]1[C@H]2CCC3(OC=CO3)[C@H]21.